The topological polar surface area (TPSA) is 94.1 Å². The maximum atomic E-state index is 12.9. The Balaban J connectivity index is 1.54. The third kappa shape index (κ3) is 4.08. The zero-order valence-corrected chi connectivity index (χ0v) is 18.6. The smallest absolute Gasteiger partial charge is 0.415 e. The lowest BCUT2D eigenvalue weighted by Gasteiger charge is -2.37. The molecule has 31 heavy (non-hydrogen) atoms. The molecule has 2 aromatic rings. The molecule has 2 amide bonds. The van der Waals surface area contributed by atoms with E-state index in [0.29, 0.717) is 43.9 Å². The van der Waals surface area contributed by atoms with Crippen LogP contribution in [0.3, 0.4) is 0 Å². The fourth-order valence-electron chi connectivity index (χ4n) is 4.07. The van der Waals surface area contributed by atoms with E-state index in [-0.39, 0.29) is 6.09 Å². The van der Waals surface area contributed by atoms with Gasteiger partial charge in [0, 0.05) is 43.1 Å². The molecule has 0 aliphatic carbocycles. The Morgan fingerprint density at radius 1 is 1.19 bits per heavy atom. The van der Waals surface area contributed by atoms with Crippen LogP contribution in [0.5, 0.6) is 5.75 Å². The standard InChI is InChI=1S/C22H28N4O5/c1-14-15-10-17(18(29-5)11-16(15)24-13-23-14)26-12-22(31-20(26)28)6-8-25(9-7-22)19(27)30-21(2,3)4/h10-11,13H,6-9,12H2,1-5H3. The van der Waals surface area contributed by atoms with Gasteiger partial charge in [-0.25, -0.2) is 19.6 Å². The molecule has 4 rings (SSSR count). The molecule has 1 spiro atoms. The summed E-state index contributed by atoms with van der Waals surface area (Å²) in [5.74, 6) is 0.547. The number of rotatable bonds is 2. The first kappa shape index (κ1) is 21.1. The van der Waals surface area contributed by atoms with Gasteiger partial charge >= 0.3 is 12.2 Å². The van der Waals surface area contributed by atoms with Gasteiger partial charge in [-0.1, -0.05) is 0 Å². The van der Waals surface area contributed by atoms with Crippen molar-refractivity contribution in [3.8, 4) is 5.75 Å². The molecule has 9 heteroatoms. The molecule has 2 saturated heterocycles. The lowest BCUT2D eigenvalue weighted by molar-refractivity contribution is -0.0167. The molecule has 3 heterocycles. The summed E-state index contributed by atoms with van der Waals surface area (Å²) >= 11 is 0. The third-order valence-corrected chi connectivity index (χ3v) is 5.72. The SMILES string of the molecule is COc1cc2ncnc(C)c2cc1N1CC2(CCN(C(=O)OC(C)(C)C)CC2)OC1=O. The van der Waals surface area contributed by atoms with Gasteiger partial charge in [0.05, 0.1) is 24.9 Å². The Hall–Kier alpha value is -3.10. The van der Waals surface area contributed by atoms with E-state index in [1.807, 2.05) is 39.8 Å². The van der Waals surface area contributed by atoms with Crippen molar-refractivity contribution in [1.82, 2.24) is 14.9 Å². The van der Waals surface area contributed by atoms with E-state index in [4.69, 9.17) is 14.2 Å². The Morgan fingerprint density at radius 2 is 1.90 bits per heavy atom. The number of aryl methyl sites for hydroxylation is 1. The number of nitrogens with zero attached hydrogens (tertiary/aromatic N) is 4. The van der Waals surface area contributed by atoms with Crippen molar-refractivity contribution in [1.29, 1.82) is 0 Å². The van der Waals surface area contributed by atoms with Crippen molar-refractivity contribution >= 4 is 28.8 Å². The minimum absolute atomic E-state index is 0.338. The Morgan fingerprint density at radius 3 is 2.55 bits per heavy atom. The molecule has 0 bridgehead atoms. The number of hydrogen-bond donors (Lipinski definition) is 0. The van der Waals surface area contributed by atoms with Crippen LogP contribution >= 0.6 is 0 Å². The molecule has 0 radical (unpaired) electrons. The Kier molecular flexibility index (Phi) is 5.15. The van der Waals surface area contributed by atoms with Gasteiger partial charge < -0.3 is 19.1 Å². The number of likely N-dealkylation sites (tertiary alicyclic amines) is 1. The van der Waals surface area contributed by atoms with Gasteiger partial charge in [-0.05, 0) is 33.8 Å². The summed E-state index contributed by atoms with van der Waals surface area (Å²) in [5, 5.41) is 0.854. The molecule has 2 aliphatic heterocycles. The van der Waals surface area contributed by atoms with Crippen LogP contribution in [0.1, 0.15) is 39.3 Å². The number of benzene rings is 1. The van der Waals surface area contributed by atoms with Crippen LogP contribution in [-0.2, 0) is 9.47 Å². The number of anilines is 1. The first-order valence-electron chi connectivity index (χ1n) is 10.4. The zero-order valence-electron chi connectivity index (χ0n) is 18.6. The molecular weight excluding hydrogens is 400 g/mol. The first-order chi connectivity index (χ1) is 14.6. The number of aromatic nitrogens is 2. The molecular formula is C22H28N4O5. The van der Waals surface area contributed by atoms with Crippen molar-refractivity contribution in [2.45, 2.75) is 51.7 Å². The number of piperidine rings is 1. The van der Waals surface area contributed by atoms with Gasteiger partial charge in [-0.3, -0.25) is 4.90 Å². The molecule has 1 aromatic carbocycles. The van der Waals surface area contributed by atoms with Gasteiger partial charge in [-0.2, -0.15) is 0 Å². The highest BCUT2D eigenvalue weighted by atomic mass is 16.6. The van der Waals surface area contributed by atoms with Crippen LogP contribution in [0.2, 0.25) is 0 Å². The van der Waals surface area contributed by atoms with E-state index < -0.39 is 17.3 Å². The van der Waals surface area contributed by atoms with Crippen LogP contribution in [0, 0.1) is 6.92 Å². The number of carbonyl (C=O) groups is 2. The van der Waals surface area contributed by atoms with Crippen molar-refractivity contribution in [3.63, 3.8) is 0 Å². The Bertz CT molecular complexity index is 1020. The molecule has 0 saturated carbocycles. The largest absolute Gasteiger partial charge is 0.494 e. The summed E-state index contributed by atoms with van der Waals surface area (Å²) in [6, 6.07) is 3.68. The summed E-state index contributed by atoms with van der Waals surface area (Å²) in [4.78, 5) is 37.0. The summed E-state index contributed by atoms with van der Waals surface area (Å²) < 4.78 is 16.9. The number of ether oxygens (including phenoxy) is 3. The first-order valence-corrected chi connectivity index (χ1v) is 10.4. The molecule has 2 fully saturated rings. The van der Waals surface area contributed by atoms with Crippen LogP contribution in [0.25, 0.3) is 10.9 Å². The van der Waals surface area contributed by atoms with E-state index in [1.54, 1.807) is 16.9 Å². The normalized spacial score (nSPS) is 18.4. The molecule has 0 N–H and O–H groups in total. The fraction of sp³-hybridized carbons (Fsp3) is 0.545. The van der Waals surface area contributed by atoms with E-state index in [0.717, 1.165) is 16.6 Å². The lowest BCUT2D eigenvalue weighted by atomic mass is 9.91. The van der Waals surface area contributed by atoms with Crippen molar-refractivity contribution in [3.05, 3.63) is 24.2 Å². The number of amides is 2. The van der Waals surface area contributed by atoms with Crippen LogP contribution in [-0.4, -0.2) is 65.0 Å². The average Bonchev–Trinajstić information content (AvgIpc) is 3.02. The van der Waals surface area contributed by atoms with E-state index in [9.17, 15) is 9.59 Å². The van der Waals surface area contributed by atoms with E-state index in [2.05, 4.69) is 9.97 Å². The van der Waals surface area contributed by atoms with Crippen molar-refractivity contribution in [2.24, 2.45) is 0 Å². The summed E-state index contributed by atoms with van der Waals surface area (Å²) in [7, 11) is 1.56. The zero-order chi connectivity index (χ0) is 22.4. The lowest BCUT2D eigenvalue weighted by Crippen LogP contribution is -2.49. The maximum absolute atomic E-state index is 12.9. The highest BCUT2D eigenvalue weighted by Gasteiger charge is 2.49. The van der Waals surface area contributed by atoms with Crippen LogP contribution < -0.4 is 9.64 Å². The monoisotopic (exact) mass is 428 g/mol. The minimum Gasteiger partial charge on any atom is -0.494 e. The minimum atomic E-state index is -0.641. The van der Waals surface area contributed by atoms with Gasteiger partial charge in [0.2, 0.25) is 0 Å². The van der Waals surface area contributed by atoms with Gasteiger partial charge in [0.25, 0.3) is 0 Å². The van der Waals surface area contributed by atoms with Crippen LogP contribution in [0.15, 0.2) is 18.5 Å². The number of hydrogen-bond acceptors (Lipinski definition) is 7. The third-order valence-electron chi connectivity index (χ3n) is 5.72. The summed E-state index contributed by atoms with van der Waals surface area (Å²) in [6.07, 6.45) is 1.85. The molecule has 1 aromatic heterocycles. The molecule has 0 atom stereocenters. The van der Waals surface area contributed by atoms with Crippen molar-refractivity contribution in [2.75, 3.05) is 31.6 Å². The van der Waals surface area contributed by atoms with Gasteiger partial charge in [-0.15, -0.1) is 0 Å². The van der Waals surface area contributed by atoms with Gasteiger partial charge in [0.1, 0.15) is 23.3 Å². The summed E-state index contributed by atoms with van der Waals surface area (Å²) in [6.45, 7) is 8.76. The molecule has 9 nitrogen and oxygen atoms in total. The second-order valence-corrected chi connectivity index (χ2v) is 9.10. The predicted octanol–water partition coefficient (Wildman–Crippen LogP) is 3.67. The second-order valence-electron chi connectivity index (χ2n) is 9.10. The fourth-order valence-corrected chi connectivity index (χ4v) is 4.07. The molecule has 0 unspecified atom stereocenters. The Labute approximate surface area is 181 Å². The molecule has 2 aliphatic rings. The maximum Gasteiger partial charge on any atom is 0.415 e. The highest BCUT2D eigenvalue weighted by molar-refractivity contribution is 5.97. The quantitative estimate of drug-likeness (QED) is 0.720. The van der Waals surface area contributed by atoms with E-state index >= 15 is 0 Å². The average molecular weight is 428 g/mol. The number of fused-ring (bicyclic) bond motifs is 1. The van der Waals surface area contributed by atoms with Gasteiger partial charge in [0.15, 0.2) is 0 Å². The van der Waals surface area contributed by atoms with E-state index in [1.165, 1.54) is 6.33 Å². The van der Waals surface area contributed by atoms with Crippen molar-refractivity contribution < 1.29 is 23.8 Å². The summed E-state index contributed by atoms with van der Waals surface area (Å²) in [5.41, 5.74) is 1.02. The van der Waals surface area contributed by atoms with Crippen LogP contribution in [0.4, 0.5) is 15.3 Å². The number of methoxy groups -OCH3 is 1. The second kappa shape index (κ2) is 7.55. The molecule has 166 valence electrons. The predicted molar refractivity (Wildman–Crippen MR) is 114 cm³/mol. The highest BCUT2D eigenvalue weighted by Crippen LogP contribution is 2.40. The number of carbonyl (C=O) groups excluding carboxylic acids is 2.